The molecule has 0 aliphatic carbocycles. The summed E-state index contributed by atoms with van der Waals surface area (Å²) >= 11 is 3.57. The summed E-state index contributed by atoms with van der Waals surface area (Å²) < 4.78 is 1.04. The van der Waals surface area contributed by atoms with Gasteiger partial charge in [0, 0.05) is 16.9 Å². The second-order valence-corrected chi connectivity index (χ2v) is 5.27. The van der Waals surface area contributed by atoms with Gasteiger partial charge in [0.1, 0.15) is 0 Å². The van der Waals surface area contributed by atoms with Gasteiger partial charge in [0.15, 0.2) is 0 Å². The molecule has 1 aromatic heterocycles. The number of nitrogens with two attached hydrogens (primary N) is 1. The summed E-state index contributed by atoms with van der Waals surface area (Å²) in [4.78, 5) is 4.22. The number of nitrogens with one attached hydrogen (secondary N) is 1. The third kappa shape index (κ3) is 2.77. The quantitative estimate of drug-likeness (QED) is 0.677. The maximum atomic E-state index is 5.71. The Balaban J connectivity index is 2.48. The molecule has 2 rings (SSSR count). The maximum Gasteiger partial charge on any atom is 0.0736 e. The van der Waals surface area contributed by atoms with Crippen LogP contribution in [0.15, 0.2) is 41.1 Å². The average Bonchev–Trinajstić information content (AvgIpc) is 2.35. The van der Waals surface area contributed by atoms with Gasteiger partial charge in [0.2, 0.25) is 0 Å². The Morgan fingerprint density at radius 1 is 1.17 bits per heavy atom. The molecular weight excluding hydrogens is 290 g/mol. The Kier molecular flexibility index (Phi) is 4.11. The number of benzene rings is 1. The van der Waals surface area contributed by atoms with E-state index >= 15 is 0 Å². The van der Waals surface area contributed by atoms with Crippen molar-refractivity contribution in [2.24, 2.45) is 5.84 Å². The third-order valence-electron chi connectivity index (χ3n) is 2.86. The van der Waals surface area contributed by atoms with Crippen molar-refractivity contribution in [3.05, 3.63) is 63.4 Å². The van der Waals surface area contributed by atoms with E-state index in [1.807, 2.05) is 25.4 Å². The monoisotopic (exact) mass is 305 g/mol. The van der Waals surface area contributed by atoms with E-state index in [4.69, 9.17) is 5.84 Å². The van der Waals surface area contributed by atoms with Gasteiger partial charge in [0.05, 0.1) is 6.04 Å². The van der Waals surface area contributed by atoms with E-state index in [0.29, 0.717) is 0 Å². The predicted octanol–water partition coefficient (Wildman–Crippen LogP) is 3.01. The largest absolute Gasteiger partial charge is 0.271 e. The van der Waals surface area contributed by atoms with Gasteiger partial charge in [-0.2, -0.15) is 0 Å². The Morgan fingerprint density at radius 2 is 1.94 bits per heavy atom. The molecule has 1 atom stereocenters. The molecule has 0 amide bonds. The normalized spacial score (nSPS) is 12.4. The molecule has 0 fully saturated rings. The molecule has 0 saturated heterocycles. The molecule has 2 aromatic rings. The molecule has 0 aliphatic heterocycles. The minimum absolute atomic E-state index is 0.0633. The standard InChI is InChI=1S/C14H16BrN3/c1-9-3-4-13(15)12(6-9)14(18-16)11-5-10(2)7-17-8-11/h3-8,14,18H,16H2,1-2H3. The summed E-state index contributed by atoms with van der Waals surface area (Å²) in [6, 6.07) is 8.25. The lowest BCUT2D eigenvalue weighted by Crippen LogP contribution is -2.29. The molecule has 94 valence electrons. The number of pyridine rings is 1. The zero-order valence-corrected chi connectivity index (χ0v) is 12.0. The number of halogens is 1. The van der Waals surface area contributed by atoms with Crippen LogP contribution < -0.4 is 11.3 Å². The van der Waals surface area contributed by atoms with E-state index in [1.165, 1.54) is 5.56 Å². The summed E-state index contributed by atoms with van der Waals surface area (Å²) in [6.07, 6.45) is 3.68. The van der Waals surface area contributed by atoms with Crippen molar-refractivity contribution in [2.45, 2.75) is 19.9 Å². The van der Waals surface area contributed by atoms with Gasteiger partial charge in [-0.1, -0.05) is 39.7 Å². The zero-order chi connectivity index (χ0) is 13.1. The number of aromatic nitrogens is 1. The van der Waals surface area contributed by atoms with Crippen LogP contribution in [0, 0.1) is 13.8 Å². The van der Waals surface area contributed by atoms with Gasteiger partial charge in [-0.05, 0) is 36.6 Å². The van der Waals surface area contributed by atoms with Crippen molar-refractivity contribution in [3.8, 4) is 0 Å². The first-order chi connectivity index (χ1) is 8.61. The Bertz CT molecular complexity index is 554. The summed E-state index contributed by atoms with van der Waals surface area (Å²) in [6.45, 7) is 4.09. The smallest absolute Gasteiger partial charge is 0.0736 e. The van der Waals surface area contributed by atoms with Crippen LogP contribution in [0.1, 0.15) is 28.3 Å². The molecule has 4 heteroatoms. The van der Waals surface area contributed by atoms with E-state index in [9.17, 15) is 0 Å². The zero-order valence-electron chi connectivity index (χ0n) is 10.4. The number of hydrogen-bond acceptors (Lipinski definition) is 3. The molecule has 1 unspecified atom stereocenters. The molecule has 1 heterocycles. The highest BCUT2D eigenvalue weighted by atomic mass is 79.9. The molecule has 3 N–H and O–H groups in total. The number of aryl methyl sites for hydroxylation is 2. The van der Waals surface area contributed by atoms with E-state index < -0.39 is 0 Å². The highest BCUT2D eigenvalue weighted by molar-refractivity contribution is 9.10. The number of nitrogens with zero attached hydrogens (tertiary/aromatic N) is 1. The summed E-state index contributed by atoms with van der Waals surface area (Å²) in [5.41, 5.74) is 7.36. The van der Waals surface area contributed by atoms with E-state index in [0.717, 1.165) is 21.2 Å². The van der Waals surface area contributed by atoms with Crippen LogP contribution in [0.2, 0.25) is 0 Å². The maximum absolute atomic E-state index is 5.71. The number of hydrazine groups is 1. The number of hydrogen-bond donors (Lipinski definition) is 2. The van der Waals surface area contributed by atoms with Gasteiger partial charge in [-0.3, -0.25) is 10.8 Å². The highest BCUT2D eigenvalue weighted by Gasteiger charge is 2.15. The Morgan fingerprint density at radius 3 is 2.61 bits per heavy atom. The lowest BCUT2D eigenvalue weighted by atomic mass is 9.98. The second kappa shape index (κ2) is 5.61. The summed E-state index contributed by atoms with van der Waals surface area (Å²) in [5, 5.41) is 0. The first-order valence-electron chi connectivity index (χ1n) is 5.75. The van der Waals surface area contributed by atoms with E-state index in [2.05, 4.69) is 51.5 Å². The summed E-state index contributed by atoms with van der Waals surface area (Å²) in [7, 11) is 0. The van der Waals surface area contributed by atoms with Gasteiger partial charge in [-0.25, -0.2) is 5.43 Å². The highest BCUT2D eigenvalue weighted by Crippen LogP contribution is 2.28. The van der Waals surface area contributed by atoms with Crippen LogP contribution >= 0.6 is 15.9 Å². The molecule has 0 radical (unpaired) electrons. The van der Waals surface area contributed by atoms with Crippen LogP contribution in [0.4, 0.5) is 0 Å². The lowest BCUT2D eigenvalue weighted by molar-refractivity contribution is 0.631. The molecule has 0 saturated carbocycles. The fraction of sp³-hybridized carbons (Fsp3) is 0.214. The topological polar surface area (TPSA) is 50.9 Å². The van der Waals surface area contributed by atoms with Crippen molar-refractivity contribution < 1.29 is 0 Å². The first-order valence-corrected chi connectivity index (χ1v) is 6.55. The molecule has 0 spiro atoms. The molecular formula is C14H16BrN3. The third-order valence-corrected chi connectivity index (χ3v) is 3.58. The van der Waals surface area contributed by atoms with Crippen LogP contribution in [0.25, 0.3) is 0 Å². The van der Waals surface area contributed by atoms with Gasteiger partial charge >= 0.3 is 0 Å². The first kappa shape index (κ1) is 13.2. The van der Waals surface area contributed by atoms with Crippen LogP contribution in [-0.4, -0.2) is 4.98 Å². The molecule has 0 aliphatic rings. The number of rotatable bonds is 3. The van der Waals surface area contributed by atoms with Gasteiger partial charge in [-0.15, -0.1) is 0 Å². The Hall–Kier alpha value is -1.23. The van der Waals surface area contributed by atoms with E-state index in [-0.39, 0.29) is 6.04 Å². The van der Waals surface area contributed by atoms with Crippen molar-refractivity contribution in [3.63, 3.8) is 0 Å². The van der Waals surface area contributed by atoms with Crippen LogP contribution in [0.5, 0.6) is 0 Å². The molecule has 1 aromatic carbocycles. The van der Waals surface area contributed by atoms with Crippen molar-refractivity contribution in [2.75, 3.05) is 0 Å². The molecule has 0 bridgehead atoms. The lowest BCUT2D eigenvalue weighted by Gasteiger charge is -2.19. The molecule has 3 nitrogen and oxygen atoms in total. The Labute approximate surface area is 116 Å². The van der Waals surface area contributed by atoms with E-state index in [1.54, 1.807) is 0 Å². The fourth-order valence-electron chi connectivity index (χ4n) is 1.99. The fourth-order valence-corrected chi connectivity index (χ4v) is 2.46. The van der Waals surface area contributed by atoms with Crippen LogP contribution in [-0.2, 0) is 0 Å². The van der Waals surface area contributed by atoms with Crippen molar-refractivity contribution in [1.82, 2.24) is 10.4 Å². The SMILES string of the molecule is Cc1cncc(C(NN)c2cc(C)ccc2Br)c1. The molecule has 18 heavy (non-hydrogen) atoms. The predicted molar refractivity (Wildman–Crippen MR) is 77.0 cm³/mol. The van der Waals surface area contributed by atoms with Crippen molar-refractivity contribution >= 4 is 15.9 Å². The minimum Gasteiger partial charge on any atom is -0.271 e. The minimum atomic E-state index is -0.0633. The van der Waals surface area contributed by atoms with Crippen molar-refractivity contribution in [1.29, 1.82) is 0 Å². The van der Waals surface area contributed by atoms with Crippen LogP contribution in [0.3, 0.4) is 0 Å². The second-order valence-electron chi connectivity index (χ2n) is 4.42. The average molecular weight is 306 g/mol. The van der Waals surface area contributed by atoms with Gasteiger partial charge in [0.25, 0.3) is 0 Å². The summed E-state index contributed by atoms with van der Waals surface area (Å²) in [5.74, 6) is 5.71. The van der Waals surface area contributed by atoms with Gasteiger partial charge < -0.3 is 0 Å².